The van der Waals surface area contributed by atoms with E-state index in [1.807, 2.05) is 13.8 Å². The van der Waals surface area contributed by atoms with Crippen LogP contribution in [0.25, 0.3) is 0 Å². The van der Waals surface area contributed by atoms with E-state index in [0.29, 0.717) is 25.9 Å². The van der Waals surface area contributed by atoms with Crippen molar-refractivity contribution in [3.63, 3.8) is 0 Å². The fourth-order valence-corrected chi connectivity index (χ4v) is 2.61. The second kappa shape index (κ2) is 6.58. The first-order chi connectivity index (χ1) is 9.39. The number of likely N-dealkylation sites (tertiary alicyclic amines) is 1. The SMILES string of the molecule is CCCC(C(=O)N1CCC(C)(C(=O)NC)C1)C(N)=NO. The van der Waals surface area contributed by atoms with Gasteiger partial charge in [-0.1, -0.05) is 18.5 Å². The van der Waals surface area contributed by atoms with E-state index in [9.17, 15) is 9.59 Å². The van der Waals surface area contributed by atoms with Gasteiger partial charge in [-0.05, 0) is 19.8 Å². The maximum atomic E-state index is 12.5. The molecule has 0 aromatic carbocycles. The van der Waals surface area contributed by atoms with Crippen molar-refractivity contribution in [3.8, 4) is 0 Å². The molecule has 4 N–H and O–H groups in total. The number of nitrogens with two attached hydrogens (primary N) is 1. The van der Waals surface area contributed by atoms with E-state index in [0.717, 1.165) is 6.42 Å². The van der Waals surface area contributed by atoms with Crippen LogP contribution in [0, 0.1) is 11.3 Å². The lowest BCUT2D eigenvalue weighted by Crippen LogP contribution is -2.44. The van der Waals surface area contributed by atoms with E-state index in [4.69, 9.17) is 10.9 Å². The number of hydrogen-bond donors (Lipinski definition) is 3. The number of oxime groups is 1. The molecule has 1 aliphatic heterocycles. The molecule has 0 aromatic heterocycles. The monoisotopic (exact) mass is 284 g/mol. The van der Waals surface area contributed by atoms with Crippen LogP contribution < -0.4 is 11.1 Å². The molecular weight excluding hydrogens is 260 g/mol. The van der Waals surface area contributed by atoms with Crippen molar-refractivity contribution in [2.75, 3.05) is 20.1 Å². The summed E-state index contributed by atoms with van der Waals surface area (Å²) in [4.78, 5) is 25.9. The van der Waals surface area contributed by atoms with Gasteiger partial charge >= 0.3 is 0 Å². The van der Waals surface area contributed by atoms with Crippen molar-refractivity contribution < 1.29 is 14.8 Å². The average molecular weight is 284 g/mol. The summed E-state index contributed by atoms with van der Waals surface area (Å²) < 4.78 is 0. The Hall–Kier alpha value is -1.79. The van der Waals surface area contributed by atoms with Crippen LogP contribution in [-0.4, -0.2) is 47.9 Å². The van der Waals surface area contributed by atoms with Gasteiger partial charge in [0.05, 0.1) is 11.3 Å². The van der Waals surface area contributed by atoms with E-state index in [1.54, 1.807) is 11.9 Å². The normalized spacial score (nSPS) is 24.6. The minimum absolute atomic E-state index is 0.0644. The van der Waals surface area contributed by atoms with Gasteiger partial charge in [-0.3, -0.25) is 9.59 Å². The molecule has 7 nitrogen and oxygen atoms in total. The largest absolute Gasteiger partial charge is 0.409 e. The number of hydrogen-bond acceptors (Lipinski definition) is 4. The third kappa shape index (κ3) is 3.20. The van der Waals surface area contributed by atoms with Crippen LogP contribution in [0.5, 0.6) is 0 Å². The summed E-state index contributed by atoms with van der Waals surface area (Å²) in [5.41, 5.74) is 5.04. The highest BCUT2D eigenvalue weighted by Gasteiger charge is 2.43. The Kier molecular flexibility index (Phi) is 5.35. The Balaban J connectivity index is 2.81. The number of rotatable bonds is 5. The topological polar surface area (TPSA) is 108 Å². The molecule has 0 bridgehead atoms. The van der Waals surface area contributed by atoms with E-state index in [-0.39, 0.29) is 17.6 Å². The summed E-state index contributed by atoms with van der Waals surface area (Å²) in [6.07, 6.45) is 1.91. The third-order valence-electron chi connectivity index (χ3n) is 3.91. The van der Waals surface area contributed by atoms with Crippen LogP contribution in [-0.2, 0) is 9.59 Å². The second-order valence-electron chi connectivity index (χ2n) is 5.52. The fraction of sp³-hybridized carbons (Fsp3) is 0.769. The lowest BCUT2D eigenvalue weighted by molar-refractivity contribution is -0.134. The van der Waals surface area contributed by atoms with Crippen molar-refractivity contribution in [2.24, 2.45) is 22.2 Å². The zero-order chi connectivity index (χ0) is 15.3. The Morgan fingerprint density at radius 1 is 1.55 bits per heavy atom. The van der Waals surface area contributed by atoms with Gasteiger partial charge in [0.2, 0.25) is 11.8 Å². The second-order valence-corrected chi connectivity index (χ2v) is 5.52. The molecule has 7 heteroatoms. The fourth-order valence-electron chi connectivity index (χ4n) is 2.61. The van der Waals surface area contributed by atoms with Gasteiger partial charge < -0.3 is 21.2 Å². The molecule has 1 fully saturated rings. The lowest BCUT2D eigenvalue weighted by Gasteiger charge is -2.25. The number of carbonyl (C=O) groups is 2. The van der Waals surface area contributed by atoms with E-state index in [1.165, 1.54) is 0 Å². The van der Waals surface area contributed by atoms with Crippen LogP contribution >= 0.6 is 0 Å². The Morgan fingerprint density at radius 2 is 2.20 bits per heavy atom. The number of amides is 2. The molecule has 2 amide bonds. The van der Waals surface area contributed by atoms with Crippen LogP contribution in [0.1, 0.15) is 33.1 Å². The molecule has 0 spiro atoms. The molecule has 2 atom stereocenters. The number of amidine groups is 1. The zero-order valence-corrected chi connectivity index (χ0v) is 12.3. The van der Waals surface area contributed by atoms with E-state index < -0.39 is 11.3 Å². The Morgan fingerprint density at radius 3 is 2.70 bits per heavy atom. The van der Waals surface area contributed by atoms with Gasteiger partial charge in [0.1, 0.15) is 0 Å². The molecule has 114 valence electrons. The minimum Gasteiger partial charge on any atom is -0.409 e. The zero-order valence-electron chi connectivity index (χ0n) is 12.3. The molecule has 1 heterocycles. The molecule has 1 rings (SSSR count). The lowest BCUT2D eigenvalue weighted by atomic mass is 9.89. The predicted molar refractivity (Wildman–Crippen MR) is 75.2 cm³/mol. The standard InChI is InChI=1S/C13H24N4O3/c1-4-5-9(10(14)16-20)11(18)17-7-6-13(2,8-17)12(19)15-3/h9,20H,4-8H2,1-3H3,(H2,14,16)(H,15,19). The minimum atomic E-state index is -0.614. The van der Waals surface area contributed by atoms with Crippen molar-refractivity contribution in [1.82, 2.24) is 10.2 Å². The van der Waals surface area contributed by atoms with Crippen molar-refractivity contribution in [1.29, 1.82) is 0 Å². The van der Waals surface area contributed by atoms with Crippen LogP contribution in [0.4, 0.5) is 0 Å². The highest BCUT2D eigenvalue weighted by atomic mass is 16.4. The molecule has 2 unspecified atom stereocenters. The van der Waals surface area contributed by atoms with E-state index >= 15 is 0 Å². The molecule has 0 aromatic rings. The highest BCUT2D eigenvalue weighted by Crippen LogP contribution is 2.31. The molecule has 0 saturated carbocycles. The number of nitrogens with zero attached hydrogens (tertiary/aromatic N) is 2. The van der Waals surface area contributed by atoms with Crippen molar-refractivity contribution in [3.05, 3.63) is 0 Å². The molecule has 0 aliphatic carbocycles. The summed E-state index contributed by atoms with van der Waals surface area (Å²) in [5.74, 6) is -0.916. The predicted octanol–water partition coefficient (Wildman–Crippen LogP) is 0.134. The smallest absolute Gasteiger partial charge is 0.233 e. The summed E-state index contributed by atoms with van der Waals surface area (Å²) in [6, 6.07) is 0. The highest BCUT2D eigenvalue weighted by molar-refractivity contribution is 6.02. The van der Waals surface area contributed by atoms with Crippen molar-refractivity contribution in [2.45, 2.75) is 33.1 Å². The molecular formula is C13H24N4O3. The quantitative estimate of drug-likeness (QED) is 0.289. The first kappa shape index (κ1) is 16.3. The Bertz CT molecular complexity index is 410. The van der Waals surface area contributed by atoms with Gasteiger partial charge in [-0.15, -0.1) is 0 Å². The van der Waals surface area contributed by atoms with Crippen LogP contribution in [0.15, 0.2) is 5.16 Å². The van der Waals surface area contributed by atoms with E-state index in [2.05, 4.69) is 10.5 Å². The van der Waals surface area contributed by atoms with Gasteiger partial charge in [-0.25, -0.2) is 0 Å². The summed E-state index contributed by atoms with van der Waals surface area (Å²) in [5, 5.41) is 14.4. The Labute approximate surface area is 119 Å². The van der Waals surface area contributed by atoms with Gasteiger partial charge in [0.25, 0.3) is 0 Å². The summed E-state index contributed by atoms with van der Waals surface area (Å²) >= 11 is 0. The average Bonchev–Trinajstić information content (AvgIpc) is 2.86. The molecule has 20 heavy (non-hydrogen) atoms. The maximum absolute atomic E-state index is 12.5. The first-order valence-corrected chi connectivity index (χ1v) is 6.88. The molecule has 1 aliphatic rings. The summed E-state index contributed by atoms with van der Waals surface area (Å²) in [7, 11) is 1.59. The summed E-state index contributed by atoms with van der Waals surface area (Å²) in [6.45, 7) is 4.66. The number of carbonyl (C=O) groups excluding carboxylic acids is 2. The van der Waals surface area contributed by atoms with Crippen LogP contribution in [0.2, 0.25) is 0 Å². The molecule has 0 radical (unpaired) electrons. The first-order valence-electron chi connectivity index (χ1n) is 6.88. The maximum Gasteiger partial charge on any atom is 0.233 e. The molecule has 1 saturated heterocycles. The van der Waals surface area contributed by atoms with Gasteiger partial charge in [0.15, 0.2) is 5.84 Å². The van der Waals surface area contributed by atoms with Gasteiger partial charge in [-0.2, -0.15) is 0 Å². The van der Waals surface area contributed by atoms with Crippen molar-refractivity contribution >= 4 is 17.6 Å². The van der Waals surface area contributed by atoms with Crippen LogP contribution in [0.3, 0.4) is 0 Å². The number of nitrogens with one attached hydrogen (secondary N) is 1. The van der Waals surface area contributed by atoms with Gasteiger partial charge in [0, 0.05) is 20.1 Å². The third-order valence-corrected chi connectivity index (χ3v) is 3.91.